The Hall–Kier alpha value is -2.62. The van der Waals surface area contributed by atoms with Crippen molar-refractivity contribution in [3.8, 4) is 5.75 Å². The number of ether oxygens (including phenoxy) is 1. The van der Waals surface area contributed by atoms with Crippen molar-refractivity contribution in [3.63, 3.8) is 0 Å². The van der Waals surface area contributed by atoms with Crippen molar-refractivity contribution in [2.75, 3.05) is 0 Å². The summed E-state index contributed by atoms with van der Waals surface area (Å²) in [6.07, 6.45) is 1.32. The quantitative estimate of drug-likeness (QED) is 0.833. The largest absolute Gasteiger partial charge is 0.476 e. The Morgan fingerprint density at radius 1 is 1.09 bits per heavy atom. The SMILES string of the molecule is CC(=O)c1cccc(O[C@@H](C(=O)NC2CC2)c2ccccc2)c1. The van der Waals surface area contributed by atoms with E-state index in [2.05, 4.69) is 5.32 Å². The molecular weight excluding hydrogens is 290 g/mol. The molecule has 0 radical (unpaired) electrons. The molecule has 1 fully saturated rings. The van der Waals surface area contributed by atoms with Gasteiger partial charge in [0.2, 0.25) is 6.10 Å². The molecule has 2 aromatic carbocycles. The number of Topliss-reactive ketones (excluding diaryl/α,β-unsaturated/α-hetero) is 1. The second kappa shape index (κ2) is 6.65. The first-order valence-corrected chi connectivity index (χ1v) is 7.76. The standard InChI is InChI=1S/C19H19NO3/c1-13(21)15-8-5-9-17(12-15)23-18(14-6-3-2-4-7-14)19(22)20-16-10-11-16/h2-9,12,16,18H,10-11H2,1H3,(H,20,22)/t18-/m1/s1. The van der Waals surface area contributed by atoms with Crippen LogP contribution >= 0.6 is 0 Å². The van der Waals surface area contributed by atoms with Crippen molar-refractivity contribution in [1.29, 1.82) is 0 Å². The molecule has 3 rings (SSSR count). The summed E-state index contributed by atoms with van der Waals surface area (Å²) in [5, 5.41) is 2.98. The van der Waals surface area contributed by atoms with Crippen molar-refractivity contribution in [2.45, 2.75) is 31.9 Å². The van der Waals surface area contributed by atoms with Gasteiger partial charge in [-0.1, -0.05) is 42.5 Å². The van der Waals surface area contributed by atoms with Gasteiger partial charge >= 0.3 is 0 Å². The van der Waals surface area contributed by atoms with Crippen molar-refractivity contribution in [1.82, 2.24) is 5.32 Å². The number of carbonyl (C=O) groups is 2. The van der Waals surface area contributed by atoms with Crippen molar-refractivity contribution in [3.05, 3.63) is 65.7 Å². The molecular formula is C19H19NO3. The molecule has 1 atom stereocenters. The maximum Gasteiger partial charge on any atom is 0.266 e. The van der Waals surface area contributed by atoms with Crippen molar-refractivity contribution >= 4 is 11.7 Å². The van der Waals surface area contributed by atoms with Crippen LogP contribution in [0.15, 0.2) is 54.6 Å². The molecule has 1 aliphatic rings. The molecule has 4 heteroatoms. The molecule has 2 aromatic rings. The summed E-state index contributed by atoms with van der Waals surface area (Å²) in [4.78, 5) is 24.0. The van der Waals surface area contributed by atoms with Gasteiger partial charge in [0.25, 0.3) is 5.91 Å². The van der Waals surface area contributed by atoms with E-state index >= 15 is 0 Å². The second-order valence-corrected chi connectivity index (χ2v) is 5.78. The minimum absolute atomic E-state index is 0.0332. The van der Waals surface area contributed by atoms with E-state index in [0.717, 1.165) is 18.4 Å². The summed E-state index contributed by atoms with van der Waals surface area (Å²) in [5.41, 5.74) is 1.36. The van der Waals surface area contributed by atoms with Gasteiger partial charge in [-0.25, -0.2) is 0 Å². The Kier molecular flexibility index (Phi) is 4.42. The smallest absolute Gasteiger partial charge is 0.266 e. The van der Waals surface area contributed by atoms with E-state index in [0.29, 0.717) is 11.3 Å². The lowest BCUT2D eigenvalue weighted by molar-refractivity contribution is -0.128. The third-order valence-corrected chi connectivity index (χ3v) is 3.76. The molecule has 1 amide bonds. The molecule has 4 nitrogen and oxygen atoms in total. The van der Waals surface area contributed by atoms with E-state index in [1.54, 1.807) is 24.3 Å². The molecule has 0 aromatic heterocycles. The molecule has 0 heterocycles. The van der Waals surface area contributed by atoms with Gasteiger partial charge < -0.3 is 10.1 Å². The number of ketones is 1. The number of hydrogen-bond donors (Lipinski definition) is 1. The number of hydrogen-bond acceptors (Lipinski definition) is 3. The van der Waals surface area contributed by atoms with Crippen LogP contribution in [0.5, 0.6) is 5.75 Å². The Morgan fingerprint density at radius 3 is 2.48 bits per heavy atom. The van der Waals surface area contributed by atoms with Crippen LogP contribution in [-0.2, 0) is 4.79 Å². The summed E-state index contributed by atoms with van der Waals surface area (Å²) >= 11 is 0. The van der Waals surface area contributed by atoms with E-state index < -0.39 is 6.10 Å². The zero-order chi connectivity index (χ0) is 16.2. The van der Waals surface area contributed by atoms with Crippen LogP contribution in [0.25, 0.3) is 0 Å². The maximum absolute atomic E-state index is 12.5. The van der Waals surface area contributed by atoms with Crippen LogP contribution in [0, 0.1) is 0 Å². The normalized spacial score (nSPS) is 14.8. The fourth-order valence-electron chi connectivity index (χ4n) is 2.33. The first-order chi connectivity index (χ1) is 11.1. The summed E-state index contributed by atoms with van der Waals surface area (Å²) in [6.45, 7) is 1.51. The van der Waals surface area contributed by atoms with Gasteiger partial charge in [-0.05, 0) is 31.9 Å². The zero-order valence-electron chi connectivity index (χ0n) is 13.0. The van der Waals surface area contributed by atoms with Crippen LogP contribution in [0.2, 0.25) is 0 Å². The van der Waals surface area contributed by atoms with Crippen LogP contribution in [0.3, 0.4) is 0 Å². The monoisotopic (exact) mass is 309 g/mol. The Bertz CT molecular complexity index is 708. The van der Waals surface area contributed by atoms with Gasteiger partial charge in [0, 0.05) is 17.2 Å². The third-order valence-electron chi connectivity index (χ3n) is 3.76. The highest BCUT2D eigenvalue weighted by Crippen LogP contribution is 2.26. The molecule has 0 aliphatic heterocycles. The van der Waals surface area contributed by atoms with Gasteiger partial charge in [0.15, 0.2) is 5.78 Å². The molecule has 118 valence electrons. The Morgan fingerprint density at radius 2 is 1.83 bits per heavy atom. The average molecular weight is 309 g/mol. The van der Waals surface area contributed by atoms with E-state index in [1.807, 2.05) is 30.3 Å². The number of nitrogens with one attached hydrogen (secondary N) is 1. The summed E-state index contributed by atoms with van der Waals surface area (Å²) in [5.74, 6) is 0.332. The van der Waals surface area contributed by atoms with Gasteiger partial charge in [0.05, 0.1) is 0 Å². The van der Waals surface area contributed by atoms with E-state index in [4.69, 9.17) is 4.74 Å². The second-order valence-electron chi connectivity index (χ2n) is 5.78. The van der Waals surface area contributed by atoms with Gasteiger partial charge in [-0.15, -0.1) is 0 Å². The molecule has 0 bridgehead atoms. The highest BCUT2D eigenvalue weighted by atomic mass is 16.5. The summed E-state index contributed by atoms with van der Waals surface area (Å²) < 4.78 is 5.92. The number of rotatable bonds is 6. The fraction of sp³-hybridized carbons (Fsp3) is 0.263. The van der Waals surface area contributed by atoms with Crippen molar-refractivity contribution in [2.24, 2.45) is 0 Å². The summed E-state index contributed by atoms with van der Waals surface area (Å²) in [7, 11) is 0. The molecule has 1 N–H and O–H groups in total. The molecule has 0 saturated heterocycles. The van der Waals surface area contributed by atoms with Crippen molar-refractivity contribution < 1.29 is 14.3 Å². The van der Waals surface area contributed by atoms with Crippen LogP contribution in [0.1, 0.15) is 41.8 Å². The third kappa shape index (κ3) is 3.97. The van der Waals surface area contributed by atoms with E-state index in [9.17, 15) is 9.59 Å². The highest BCUT2D eigenvalue weighted by molar-refractivity contribution is 5.94. The lowest BCUT2D eigenvalue weighted by Gasteiger charge is -2.19. The Balaban J connectivity index is 1.84. The van der Waals surface area contributed by atoms with Gasteiger partial charge in [-0.2, -0.15) is 0 Å². The first kappa shape index (κ1) is 15.3. The number of benzene rings is 2. The van der Waals surface area contributed by atoms with Crippen LogP contribution < -0.4 is 10.1 Å². The molecule has 23 heavy (non-hydrogen) atoms. The average Bonchev–Trinajstić information content (AvgIpc) is 3.37. The van der Waals surface area contributed by atoms with Crippen LogP contribution in [-0.4, -0.2) is 17.7 Å². The predicted octanol–water partition coefficient (Wildman–Crippen LogP) is 3.29. The minimum Gasteiger partial charge on any atom is -0.476 e. The van der Waals surface area contributed by atoms with Crippen LogP contribution in [0.4, 0.5) is 0 Å². The number of carbonyl (C=O) groups excluding carboxylic acids is 2. The molecule has 0 unspecified atom stereocenters. The molecule has 0 spiro atoms. The molecule has 1 aliphatic carbocycles. The topological polar surface area (TPSA) is 55.4 Å². The van der Waals surface area contributed by atoms with E-state index in [1.165, 1.54) is 6.92 Å². The van der Waals surface area contributed by atoms with E-state index in [-0.39, 0.29) is 17.7 Å². The maximum atomic E-state index is 12.5. The van der Waals surface area contributed by atoms with Gasteiger partial charge in [-0.3, -0.25) is 9.59 Å². The lowest BCUT2D eigenvalue weighted by atomic mass is 10.1. The first-order valence-electron chi connectivity index (χ1n) is 7.76. The summed E-state index contributed by atoms with van der Waals surface area (Å²) in [6, 6.07) is 16.6. The minimum atomic E-state index is -0.723. The number of amides is 1. The Labute approximate surface area is 135 Å². The fourth-order valence-corrected chi connectivity index (χ4v) is 2.33. The molecule has 1 saturated carbocycles. The highest BCUT2D eigenvalue weighted by Gasteiger charge is 2.29. The predicted molar refractivity (Wildman–Crippen MR) is 87.4 cm³/mol. The zero-order valence-corrected chi connectivity index (χ0v) is 13.0. The van der Waals surface area contributed by atoms with Gasteiger partial charge in [0.1, 0.15) is 5.75 Å². The lowest BCUT2D eigenvalue weighted by Crippen LogP contribution is -2.33.